The Morgan fingerprint density at radius 2 is 2.07 bits per heavy atom. The average molecular weight is 202 g/mol. The number of hydrogen-bond acceptors (Lipinski definition) is 1. The molecule has 2 rings (SSSR count). The lowest BCUT2D eigenvalue weighted by Gasteiger charge is -2.06. The highest BCUT2D eigenvalue weighted by molar-refractivity contribution is 5.39. The molecular formula is C10H9F3O. The van der Waals surface area contributed by atoms with Crippen molar-refractivity contribution < 1.29 is 17.9 Å². The number of halogens is 3. The van der Waals surface area contributed by atoms with Crippen molar-refractivity contribution >= 4 is 0 Å². The molecule has 0 radical (unpaired) electrons. The maximum Gasteiger partial charge on any atom is 0.416 e. The molecule has 0 aromatic rings. The Morgan fingerprint density at radius 3 is 2.64 bits per heavy atom. The summed E-state index contributed by atoms with van der Waals surface area (Å²) in [4.78, 5) is 0. The van der Waals surface area contributed by atoms with Crippen molar-refractivity contribution in [1.29, 1.82) is 0 Å². The summed E-state index contributed by atoms with van der Waals surface area (Å²) in [5.74, 6) is 0. The lowest BCUT2D eigenvalue weighted by molar-refractivity contribution is -0.0882. The van der Waals surface area contributed by atoms with Gasteiger partial charge in [-0.3, -0.25) is 0 Å². The van der Waals surface area contributed by atoms with Gasteiger partial charge in [0.05, 0.1) is 12.2 Å². The Balaban J connectivity index is 2.26. The van der Waals surface area contributed by atoms with Gasteiger partial charge >= 0.3 is 6.18 Å². The Morgan fingerprint density at radius 1 is 1.36 bits per heavy atom. The van der Waals surface area contributed by atoms with Gasteiger partial charge < -0.3 is 4.74 Å². The van der Waals surface area contributed by atoms with Crippen molar-refractivity contribution in [2.75, 3.05) is 6.61 Å². The summed E-state index contributed by atoms with van der Waals surface area (Å²) in [7, 11) is 0. The Kier molecular flexibility index (Phi) is 2.23. The van der Waals surface area contributed by atoms with E-state index in [0.29, 0.717) is 18.6 Å². The minimum atomic E-state index is -4.27. The summed E-state index contributed by atoms with van der Waals surface area (Å²) in [5, 5.41) is 0. The fraction of sp³-hybridized carbons (Fsp3) is 0.400. The molecule has 0 bridgehead atoms. The number of hydrogen-bond donors (Lipinski definition) is 0. The highest BCUT2D eigenvalue weighted by atomic mass is 19.4. The lowest BCUT2D eigenvalue weighted by atomic mass is 10.1. The molecule has 1 unspecified atom stereocenters. The Bertz CT molecular complexity index is 319. The van der Waals surface area contributed by atoms with Gasteiger partial charge in [0.25, 0.3) is 0 Å². The first-order valence-electron chi connectivity index (χ1n) is 4.34. The van der Waals surface area contributed by atoms with Gasteiger partial charge in [0, 0.05) is 0 Å². The van der Waals surface area contributed by atoms with Crippen LogP contribution in [-0.4, -0.2) is 18.9 Å². The Labute approximate surface area is 79.6 Å². The zero-order valence-corrected chi connectivity index (χ0v) is 7.34. The van der Waals surface area contributed by atoms with E-state index in [1.165, 1.54) is 12.2 Å². The summed E-state index contributed by atoms with van der Waals surface area (Å²) in [6, 6.07) is 0. The molecule has 0 amide bonds. The zero-order valence-electron chi connectivity index (χ0n) is 7.34. The van der Waals surface area contributed by atoms with Crippen LogP contribution in [0.2, 0.25) is 0 Å². The molecular weight excluding hydrogens is 193 g/mol. The van der Waals surface area contributed by atoms with Crippen LogP contribution >= 0.6 is 0 Å². The predicted octanol–water partition coefficient (Wildman–Crippen LogP) is 2.76. The van der Waals surface area contributed by atoms with E-state index in [2.05, 4.69) is 0 Å². The quantitative estimate of drug-likeness (QED) is 0.595. The van der Waals surface area contributed by atoms with Gasteiger partial charge in [0.2, 0.25) is 0 Å². The van der Waals surface area contributed by atoms with E-state index in [9.17, 15) is 13.2 Å². The van der Waals surface area contributed by atoms with Gasteiger partial charge in [0.1, 0.15) is 6.10 Å². The first-order valence-corrected chi connectivity index (χ1v) is 4.34. The molecule has 1 atom stereocenters. The third-order valence-corrected chi connectivity index (χ3v) is 2.14. The molecule has 1 aliphatic carbocycles. The van der Waals surface area contributed by atoms with Gasteiger partial charge in [0.15, 0.2) is 0 Å². The fourth-order valence-electron chi connectivity index (χ4n) is 1.33. The SMILES string of the molecule is FC(F)(F)C1=CC(C2CO2)=CCC=C1. The second-order valence-corrected chi connectivity index (χ2v) is 3.26. The van der Waals surface area contributed by atoms with E-state index in [0.717, 1.165) is 6.08 Å². The van der Waals surface area contributed by atoms with E-state index >= 15 is 0 Å². The van der Waals surface area contributed by atoms with Crippen LogP contribution in [0.3, 0.4) is 0 Å². The summed E-state index contributed by atoms with van der Waals surface area (Å²) < 4.78 is 42.1. The van der Waals surface area contributed by atoms with Crippen LogP contribution in [0.5, 0.6) is 0 Å². The summed E-state index contributed by atoms with van der Waals surface area (Å²) in [6.07, 6.45) is 1.71. The van der Waals surface area contributed by atoms with E-state index in [1.807, 2.05) is 0 Å². The van der Waals surface area contributed by atoms with E-state index in [1.54, 1.807) is 6.08 Å². The number of alkyl halides is 3. The molecule has 0 saturated carbocycles. The first-order chi connectivity index (χ1) is 6.57. The molecule has 4 heteroatoms. The van der Waals surface area contributed by atoms with Gasteiger partial charge in [-0.25, -0.2) is 0 Å². The van der Waals surface area contributed by atoms with E-state index in [-0.39, 0.29) is 6.10 Å². The van der Waals surface area contributed by atoms with Gasteiger partial charge in [-0.2, -0.15) is 13.2 Å². The molecule has 0 aromatic carbocycles. The zero-order chi connectivity index (χ0) is 10.2. The van der Waals surface area contributed by atoms with Crippen molar-refractivity contribution in [3.05, 3.63) is 35.5 Å². The third-order valence-electron chi connectivity index (χ3n) is 2.14. The second-order valence-electron chi connectivity index (χ2n) is 3.26. The van der Waals surface area contributed by atoms with Crippen LogP contribution in [0.4, 0.5) is 13.2 Å². The molecule has 0 aromatic heterocycles. The number of allylic oxidation sites excluding steroid dienone is 4. The van der Waals surface area contributed by atoms with E-state index in [4.69, 9.17) is 4.74 Å². The minimum Gasteiger partial charge on any atom is -0.368 e. The summed E-state index contributed by atoms with van der Waals surface area (Å²) >= 11 is 0. The summed E-state index contributed by atoms with van der Waals surface area (Å²) in [5.41, 5.74) is 0.0408. The highest BCUT2D eigenvalue weighted by Crippen LogP contribution is 2.32. The molecule has 0 spiro atoms. The van der Waals surface area contributed by atoms with Crippen molar-refractivity contribution in [2.45, 2.75) is 18.7 Å². The maximum absolute atomic E-state index is 12.4. The standard InChI is InChI=1S/C10H9F3O/c11-10(12,13)8-4-2-1-3-7(5-8)9-6-14-9/h2-5,9H,1,6H2. The molecule has 0 N–H and O–H groups in total. The molecule has 1 aliphatic heterocycles. The van der Waals surface area contributed by atoms with Gasteiger partial charge in [-0.05, 0) is 18.1 Å². The van der Waals surface area contributed by atoms with Crippen LogP contribution in [0.15, 0.2) is 35.5 Å². The second kappa shape index (κ2) is 3.28. The van der Waals surface area contributed by atoms with Crippen LogP contribution in [-0.2, 0) is 4.74 Å². The number of rotatable bonds is 1. The predicted molar refractivity (Wildman–Crippen MR) is 45.7 cm³/mol. The largest absolute Gasteiger partial charge is 0.416 e. The number of ether oxygens (including phenoxy) is 1. The van der Waals surface area contributed by atoms with E-state index < -0.39 is 11.7 Å². The normalized spacial score (nSPS) is 26.6. The fourth-order valence-corrected chi connectivity index (χ4v) is 1.33. The monoisotopic (exact) mass is 202 g/mol. The van der Waals surface area contributed by atoms with Gasteiger partial charge in [-0.15, -0.1) is 0 Å². The van der Waals surface area contributed by atoms with Crippen LogP contribution in [0, 0.1) is 0 Å². The molecule has 1 nitrogen and oxygen atoms in total. The maximum atomic E-state index is 12.4. The smallest absolute Gasteiger partial charge is 0.368 e. The van der Waals surface area contributed by atoms with Crippen LogP contribution in [0.25, 0.3) is 0 Å². The highest BCUT2D eigenvalue weighted by Gasteiger charge is 2.34. The molecule has 2 aliphatic rings. The molecule has 14 heavy (non-hydrogen) atoms. The molecule has 1 fully saturated rings. The van der Waals surface area contributed by atoms with Crippen molar-refractivity contribution in [2.24, 2.45) is 0 Å². The minimum absolute atomic E-state index is 0.118. The average Bonchev–Trinajstić information content (AvgIpc) is 2.89. The molecule has 1 heterocycles. The lowest BCUT2D eigenvalue weighted by Crippen LogP contribution is -2.10. The van der Waals surface area contributed by atoms with Crippen molar-refractivity contribution in [3.8, 4) is 0 Å². The topological polar surface area (TPSA) is 12.5 Å². The first kappa shape index (κ1) is 9.52. The van der Waals surface area contributed by atoms with Crippen molar-refractivity contribution in [1.82, 2.24) is 0 Å². The number of epoxide rings is 1. The third kappa shape index (κ3) is 2.07. The molecule has 76 valence electrons. The Hall–Kier alpha value is -1.03. The molecule has 1 saturated heterocycles. The van der Waals surface area contributed by atoms with Crippen LogP contribution < -0.4 is 0 Å². The summed E-state index contributed by atoms with van der Waals surface area (Å²) in [6.45, 7) is 0.535. The van der Waals surface area contributed by atoms with Crippen molar-refractivity contribution in [3.63, 3.8) is 0 Å². The van der Waals surface area contributed by atoms with Gasteiger partial charge in [-0.1, -0.05) is 18.2 Å². The van der Waals surface area contributed by atoms with Crippen LogP contribution in [0.1, 0.15) is 6.42 Å².